The topological polar surface area (TPSA) is 72.0 Å². The smallest absolute Gasteiger partial charge is 0.273 e. The minimum Gasteiger partial charge on any atom is -0.277 e. The van der Waals surface area contributed by atoms with Crippen molar-refractivity contribution in [3.05, 3.63) is 33.7 Å². The highest BCUT2D eigenvalue weighted by atomic mass is 35.5. The van der Waals surface area contributed by atoms with E-state index in [2.05, 4.69) is 14.7 Å². The first-order valence-corrected chi connectivity index (χ1v) is 8.07. The number of pyridine rings is 1. The van der Waals surface area contributed by atoms with Gasteiger partial charge in [-0.15, -0.1) is 0 Å². The Morgan fingerprint density at radius 3 is 2.37 bits per heavy atom. The van der Waals surface area contributed by atoms with Crippen molar-refractivity contribution in [3.63, 3.8) is 0 Å². The molecular formula is C11H12ClN3O2S2. The molecule has 2 aromatic rings. The van der Waals surface area contributed by atoms with Crippen LogP contribution in [0.5, 0.6) is 0 Å². The Bertz CT molecular complexity index is 726. The van der Waals surface area contributed by atoms with Crippen LogP contribution >= 0.6 is 22.9 Å². The van der Waals surface area contributed by atoms with Crippen LogP contribution in [0.2, 0.25) is 4.47 Å². The van der Waals surface area contributed by atoms with Crippen LogP contribution in [0.1, 0.15) is 17.1 Å². The highest BCUT2D eigenvalue weighted by Gasteiger charge is 2.22. The van der Waals surface area contributed by atoms with Gasteiger partial charge in [0.25, 0.3) is 10.0 Å². The van der Waals surface area contributed by atoms with Crippen LogP contribution < -0.4 is 4.72 Å². The molecular weight excluding hydrogens is 306 g/mol. The fourth-order valence-corrected chi connectivity index (χ4v) is 4.44. The zero-order chi connectivity index (χ0) is 14.2. The molecule has 0 radical (unpaired) electrons. The number of sulfonamides is 1. The molecule has 0 saturated heterocycles. The van der Waals surface area contributed by atoms with Gasteiger partial charge in [-0.3, -0.25) is 9.71 Å². The van der Waals surface area contributed by atoms with Crippen molar-refractivity contribution in [2.45, 2.75) is 25.0 Å². The molecule has 0 aliphatic carbocycles. The van der Waals surface area contributed by atoms with Gasteiger partial charge in [-0.2, -0.15) is 0 Å². The van der Waals surface area contributed by atoms with Gasteiger partial charge in [0.1, 0.15) is 0 Å². The first kappa shape index (κ1) is 14.2. The van der Waals surface area contributed by atoms with E-state index in [1.54, 1.807) is 26.0 Å². The average Bonchev–Trinajstić information content (AvgIpc) is 2.63. The molecule has 0 fully saturated rings. The third-order valence-electron chi connectivity index (χ3n) is 2.44. The molecule has 0 amide bonds. The van der Waals surface area contributed by atoms with Crippen LogP contribution in [-0.4, -0.2) is 18.4 Å². The number of hydrogen-bond donors (Lipinski definition) is 1. The van der Waals surface area contributed by atoms with Crippen LogP contribution in [0.25, 0.3) is 0 Å². The fraction of sp³-hybridized carbons (Fsp3) is 0.273. The average molecular weight is 318 g/mol. The second-order valence-electron chi connectivity index (χ2n) is 4.03. The van der Waals surface area contributed by atoms with Gasteiger partial charge in [-0.05, 0) is 32.9 Å². The van der Waals surface area contributed by atoms with E-state index in [0.29, 0.717) is 17.1 Å². The highest BCUT2D eigenvalue weighted by Crippen LogP contribution is 2.28. The molecule has 0 unspecified atom stereocenters. The fourth-order valence-electron chi connectivity index (χ4n) is 1.59. The lowest BCUT2D eigenvalue weighted by molar-refractivity contribution is 0.602. The molecule has 0 atom stereocenters. The second-order valence-corrected chi connectivity index (χ2v) is 7.49. The summed E-state index contributed by atoms with van der Waals surface area (Å²) < 4.78 is 27.3. The normalized spacial score (nSPS) is 11.6. The minimum atomic E-state index is -3.68. The predicted octanol–water partition coefficient (Wildman–Crippen LogP) is 2.92. The molecule has 1 N–H and O–H groups in total. The Labute approximate surface area is 120 Å². The summed E-state index contributed by atoms with van der Waals surface area (Å²) in [5, 5.41) is 0. The lowest BCUT2D eigenvalue weighted by Gasteiger charge is -2.09. The Balaban J connectivity index is 2.39. The maximum atomic E-state index is 12.2. The maximum Gasteiger partial charge on any atom is 0.273 e. The van der Waals surface area contributed by atoms with Crippen LogP contribution in [0, 0.1) is 20.8 Å². The molecule has 2 heterocycles. The van der Waals surface area contributed by atoms with E-state index in [1.165, 1.54) is 0 Å². The summed E-state index contributed by atoms with van der Waals surface area (Å²) in [5.41, 5.74) is 2.30. The van der Waals surface area contributed by atoms with Crippen LogP contribution in [0.15, 0.2) is 16.3 Å². The highest BCUT2D eigenvalue weighted by molar-refractivity contribution is 7.94. The van der Waals surface area contributed by atoms with Gasteiger partial charge in [0.05, 0.1) is 17.1 Å². The van der Waals surface area contributed by atoms with Crippen molar-refractivity contribution < 1.29 is 8.42 Å². The molecule has 2 aromatic heterocycles. The Morgan fingerprint density at radius 2 is 1.84 bits per heavy atom. The molecule has 0 aromatic carbocycles. The number of thiazole rings is 1. The van der Waals surface area contributed by atoms with E-state index in [4.69, 9.17) is 11.6 Å². The minimum absolute atomic E-state index is 0.123. The van der Waals surface area contributed by atoms with E-state index < -0.39 is 10.0 Å². The summed E-state index contributed by atoms with van der Waals surface area (Å²) in [6, 6.07) is 3.44. The molecule has 0 aliphatic heterocycles. The number of aromatic nitrogens is 2. The summed E-state index contributed by atoms with van der Waals surface area (Å²) in [6.45, 7) is 5.20. The van der Waals surface area contributed by atoms with Crippen molar-refractivity contribution >= 4 is 38.6 Å². The first-order chi connectivity index (χ1) is 8.79. The molecule has 19 heavy (non-hydrogen) atoms. The lowest BCUT2D eigenvalue weighted by atomic mass is 10.3. The molecule has 2 rings (SSSR count). The Morgan fingerprint density at radius 1 is 1.16 bits per heavy atom. The Hall–Kier alpha value is -1.18. The number of nitrogens with zero attached hydrogens (tertiary/aromatic N) is 2. The van der Waals surface area contributed by atoms with Gasteiger partial charge in [-0.1, -0.05) is 22.9 Å². The van der Waals surface area contributed by atoms with Gasteiger partial charge >= 0.3 is 0 Å². The number of nitrogens with one attached hydrogen (secondary N) is 1. The van der Waals surface area contributed by atoms with Crippen LogP contribution in [-0.2, 0) is 10.0 Å². The van der Waals surface area contributed by atoms with Crippen LogP contribution in [0.4, 0.5) is 5.69 Å². The van der Waals surface area contributed by atoms with E-state index in [0.717, 1.165) is 17.0 Å². The van der Waals surface area contributed by atoms with Crippen molar-refractivity contribution in [1.82, 2.24) is 9.97 Å². The zero-order valence-electron chi connectivity index (χ0n) is 10.6. The lowest BCUT2D eigenvalue weighted by Crippen LogP contribution is -2.14. The molecule has 0 spiro atoms. The molecule has 5 nitrogen and oxygen atoms in total. The van der Waals surface area contributed by atoms with Crippen molar-refractivity contribution in [3.8, 4) is 0 Å². The number of halogens is 1. The van der Waals surface area contributed by atoms with Gasteiger partial charge in [0.2, 0.25) is 0 Å². The zero-order valence-corrected chi connectivity index (χ0v) is 12.9. The van der Waals surface area contributed by atoms with Gasteiger partial charge in [-0.25, -0.2) is 13.4 Å². The number of anilines is 1. The van der Waals surface area contributed by atoms with Crippen molar-refractivity contribution in [1.29, 1.82) is 0 Å². The largest absolute Gasteiger partial charge is 0.277 e. The predicted molar refractivity (Wildman–Crippen MR) is 76.4 cm³/mol. The summed E-state index contributed by atoms with van der Waals surface area (Å²) in [7, 11) is -3.68. The molecule has 0 saturated carbocycles. The summed E-state index contributed by atoms with van der Waals surface area (Å²) in [4.78, 5) is 8.12. The van der Waals surface area contributed by atoms with Gasteiger partial charge in [0, 0.05) is 5.69 Å². The van der Waals surface area contributed by atoms with Gasteiger partial charge < -0.3 is 0 Å². The third-order valence-corrected chi connectivity index (χ3v) is 5.68. The third kappa shape index (κ3) is 3.05. The molecule has 0 bridgehead atoms. The quantitative estimate of drug-likeness (QED) is 0.944. The van der Waals surface area contributed by atoms with Crippen LogP contribution in [0.3, 0.4) is 0 Å². The SMILES string of the molecule is Cc1ccc(NS(=O)(=O)c2sc(Cl)nc2C)c(C)n1. The summed E-state index contributed by atoms with van der Waals surface area (Å²) in [5.74, 6) is 0. The van der Waals surface area contributed by atoms with Gasteiger partial charge in [0.15, 0.2) is 8.68 Å². The Kier molecular flexibility index (Phi) is 3.80. The first-order valence-electron chi connectivity index (χ1n) is 5.39. The number of rotatable bonds is 3. The molecule has 102 valence electrons. The van der Waals surface area contributed by atoms with Crippen molar-refractivity contribution in [2.24, 2.45) is 0 Å². The summed E-state index contributed by atoms with van der Waals surface area (Å²) in [6.07, 6.45) is 0. The standard InChI is InChI=1S/C11H12ClN3O2S2/c1-6-4-5-9(7(2)13-6)15-19(16,17)10-8(3)14-11(12)18-10/h4-5,15H,1-3H3. The maximum absolute atomic E-state index is 12.2. The second kappa shape index (κ2) is 5.07. The molecule has 8 heteroatoms. The molecule has 0 aliphatic rings. The number of aryl methyl sites for hydroxylation is 3. The number of hydrogen-bond acceptors (Lipinski definition) is 5. The summed E-state index contributed by atoms with van der Waals surface area (Å²) >= 11 is 6.66. The van der Waals surface area contributed by atoms with E-state index in [9.17, 15) is 8.42 Å². The monoisotopic (exact) mass is 317 g/mol. The van der Waals surface area contributed by atoms with E-state index in [1.807, 2.05) is 6.92 Å². The van der Waals surface area contributed by atoms with E-state index in [-0.39, 0.29) is 8.68 Å². The van der Waals surface area contributed by atoms with E-state index >= 15 is 0 Å². The van der Waals surface area contributed by atoms with Crippen molar-refractivity contribution in [2.75, 3.05) is 4.72 Å².